The van der Waals surface area contributed by atoms with Crippen molar-refractivity contribution in [2.24, 2.45) is 5.92 Å². The standard InChI is InChI=1S/C20H17Cl2N3O4S2/c21-14-1-4-18(16(22)11-14)29-7-5-12-9-13-10-15(2-3-17(13)24-19(12)26)31(27,28)25-20-23-6-8-30-20/h1-4,6,8,10-12H,5,7,9H2,(H,23,25)(H,24,26). The third-order valence-corrected chi connectivity index (χ3v) is 7.44. The molecule has 1 aromatic heterocycles. The minimum absolute atomic E-state index is 0.112. The molecule has 7 nitrogen and oxygen atoms in total. The number of carbonyl (C=O) groups excluding carboxylic acids is 1. The van der Waals surface area contributed by atoms with Crippen LogP contribution in [0, 0.1) is 5.92 Å². The van der Waals surface area contributed by atoms with E-state index in [-0.39, 0.29) is 23.3 Å². The van der Waals surface area contributed by atoms with E-state index in [1.54, 1.807) is 35.7 Å². The lowest BCUT2D eigenvalue weighted by Crippen LogP contribution is -2.31. The van der Waals surface area contributed by atoms with Gasteiger partial charge in [0.25, 0.3) is 10.0 Å². The number of amides is 1. The molecule has 162 valence electrons. The zero-order valence-electron chi connectivity index (χ0n) is 16.0. The van der Waals surface area contributed by atoms with E-state index >= 15 is 0 Å². The molecule has 1 amide bonds. The van der Waals surface area contributed by atoms with Crippen LogP contribution in [0.15, 0.2) is 52.9 Å². The molecule has 0 saturated heterocycles. The second kappa shape index (κ2) is 9.04. The van der Waals surface area contributed by atoms with Crippen molar-refractivity contribution in [3.63, 3.8) is 0 Å². The molecule has 0 radical (unpaired) electrons. The molecular formula is C20H17Cl2N3O4S2. The molecule has 11 heteroatoms. The summed E-state index contributed by atoms with van der Waals surface area (Å²) in [5.74, 6) is 0.00240. The van der Waals surface area contributed by atoms with Crippen molar-refractivity contribution in [3.8, 4) is 5.75 Å². The summed E-state index contributed by atoms with van der Waals surface area (Å²) < 4.78 is 33.4. The maximum atomic E-state index is 12.6. The van der Waals surface area contributed by atoms with Crippen LogP contribution >= 0.6 is 34.5 Å². The van der Waals surface area contributed by atoms with E-state index in [0.717, 1.165) is 5.56 Å². The van der Waals surface area contributed by atoms with E-state index < -0.39 is 10.0 Å². The topological polar surface area (TPSA) is 97.4 Å². The average Bonchev–Trinajstić information content (AvgIpc) is 3.22. The lowest BCUT2D eigenvalue weighted by Gasteiger charge is -2.25. The smallest absolute Gasteiger partial charge is 0.263 e. The summed E-state index contributed by atoms with van der Waals surface area (Å²) in [5, 5.41) is 5.72. The zero-order valence-corrected chi connectivity index (χ0v) is 19.1. The monoisotopic (exact) mass is 497 g/mol. The number of nitrogens with zero attached hydrogens (tertiary/aromatic N) is 1. The molecule has 0 bridgehead atoms. The third-order valence-electron chi connectivity index (χ3n) is 4.75. The summed E-state index contributed by atoms with van der Waals surface area (Å²) in [7, 11) is -3.77. The molecule has 1 aliphatic rings. The summed E-state index contributed by atoms with van der Waals surface area (Å²) in [6.45, 7) is 0.276. The van der Waals surface area contributed by atoms with Gasteiger partial charge in [-0.15, -0.1) is 11.3 Å². The summed E-state index contributed by atoms with van der Waals surface area (Å²) in [6, 6.07) is 9.57. The highest BCUT2D eigenvalue weighted by molar-refractivity contribution is 7.93. The Bertz CT molecular complexity index is 1220. The number of sulfonamides is 1. The van der Waals surface area contributed by atoms with Gasteiger partial charge in [0.05, 0.1) is 16.5 Å². The summed E-state index contributed by atoms with van der Waals surface area (Å²) in [5.41, 5.74) is 1.35. The number of hydrogen-bond acceptors (Lipinski definition) is 6. The molecule has 2 N–H and O–H groups in total. The highest BCUT2D eigenvalue weighted by Crippen LogP contribution is 2.31. The van der Waals surface area contributed by atoms with Crippen LogP contribution < -0.4 is 14.8 Å². The number of carbonyl (C=O) groups is 1. The van der Waals surface area contributed by atoms with Crippen LogP contribution in [0.3, 0.4) is 0 Å². The highest BCUT2D eigenvalue weighted by atomic mass is 35.5. The molecule has 2 heterocycles. The van der Waals surface area contributed by atoms with Gasteiger partial charge in [-0.25, -0.2) is 13.4 Å². The van der Waals surface area contributed by atoms with Gasteiger partial charge < -0.3 is 10.1 Å². The van der Waals surface area contributed by atoms with Gasteiger partial charge in [0, 0.05) is 28.2 Å². The number of anilines is 2. The van der Waals surface area contributed by atoms with Crippen molar-refractivity contribution in [3.05, 3.63) is 63.6 Å². The van der Waals surface area contributed by atoms with Crippen molar-refractivity contribution in [2.75, 3.05) is 16.6 Å². The predicted molar refractivity (Wildman–Crippen MR) is 122 cm³/mol. The minimum atomic E-state index is -3.77. The maximum Gasteiger partial charge on any atom is 0.263 e. The van der Waals surface area contributed by atoms with Crippen LogP contribution in [0.4, 0.5) is 10.8 Å². The molecule has 0 saturated carbocycles. The Morgan fingerprint density at radius 1 is 1.23 bits per heavy atom. The Balaban J connectivity index is 1.44. The molecule has 3 aromatic rings. The number of benzene rings is 2. The van der Waals surface area contributed by atoms with E-state index in [1.807, 2.05) is 0 Å². The largest absolute Gasteiger partial charge is 0.492 e. The quantitative estimate of drug-likeness (QED) is 0.487. The summed E-state index contributed by atoms with van der Waals surface area (Å²) >= 11 is 13.2. The number of aromatic nitrogens is 1. The maximum absolute atomic E-state index is 12.6. The fourth-order valence-electron chi connectivity index (χ4n) is 3.21. The van der Waals surface area contributed by atoms with Crippen molar-refractivity contribution in [1.82, 2.24) is 4.98 Å². The number of halogens is 2. The van der Waals surface area contributed by atoms with Gasteiger partial charge in [-0.05, 0) is 54.8 Å². The van der Waals surface area contributed by atoms with E-state index in [1.165, 1.54) is 23.6 Å². The average molecular weight is 498 g/mol. The molecule has 31 heavy (non-hydrogen) atoms. The first-order valence-corrected chi connectivity index (χ1v) is 12.4. The normalized spacial score (nSPS) is 15.8. The van der Waals surface area contributed by atoms with Crippen molar-refractivity contribution >= 4 is 61.3 Å². The van der Waals surface area contributed by atoms with Crippen LogP contribution in [-0.2, 0) is 21.2 Å². The first-order valence-electron chi connectivity index (χ1n) is 9.26. The van der Waals surface area contributed by atoms with Crippen molar-refractivity contribution in [1.29, 1.82) is 0 Å². The van der Waals surface area contributed by atoms with Crippen LogP contribution in [0.5, 0.6) is 5.75 Å². The SMILES string of the molecule is O=C1Nc2ccc(S(=O)(=O)Nc3nccs3)cc2CC1CCOc1ccc(Cl)cc1Cl. The first-order chi connectivity index (χ1) is 14.8. The van der Waals surface area contributed by atoms with E-state index in [2.05, 4.69) is 15.0 Å². The Morgan fingerprint density at radius 2 is 2.06 bits per heavy atom. The number of rotatable bonds is 7. The van der Waals surface area contributed by atoms with Crippen LogP contribution in [0.2, 0.25) is 10.0 Å². The van der Waals surface area contributed by atoms with E-state index in [4.69, 9.17) is 27.9 Å². The Kier molecular flexibility index (Phi) is 6.38. The molecule has 0 aliphatic carbocycles. The summed E-state index contributed by atoms with van der Waals surface area (Å²) in [4.78, 5) is 16.5. The van der Waals surface area contributed by atoms with Crippen LogP contribution in [0.25, 0.3) is 0 Å². The van der Waals surface area contributed by atoms with E-state index in [0.29, 0.717) is 39.5 Å². The molecule has 0 fully saturated rings. The fraction of sp³-hybridized carbons (Fsp3) is 0.200. The van der Waals surface area contributed by atoms with Gasteiger partial charge in [-0.3, -0.25) is 9.52 Å². The van der Waals surface area contributed by atoms with Gasteiger partial charge in [0.2, 0.25) is 5.91 Å². The van der Waals surface area contributed by atoms with Crippen LogP contribution in [0.1, 0.15) is 12.0 Å². The molecule has 1 atom stereocenters. The number of ether oxygens (including phenoxy) is 1. The second-order valence-corrected chi connectivity index (χ2v) is 10.3. The van der Waals surface area contributed by atoms with Gasteiger partial charge >= 0.3 is 0 Å². The predicted octanol–water partition coefficient (Wildman–Crippen LogP) is 4.83. The second-order valence-electron chi connectivity index (χ2n) is 6.86. The third kappa shape index (κ3) is 5.12. The Labute approximate surface area is 193 Å². The number of thiazole rings is 1. The first kappa shape index (κ1) is 21.9. The van der Waals surface area contributed by atoms with Crippen LogP contribution in [-0.4, -0.2) is 25.9 Å². The molecule has 1 unspecified atom stereocenters. The zero-order chi connectivity index (χ0) is 22.0. The van der Waals surface area contributed by atoms with Gasteiger partial charge in [0.1, 0.15) is 5.75 Å². The van der Waals surface area contributed by atoms with Crippen molar-refractivity contribution in [2.45, 2.75) is 17.7 Å². The number of nitrogens with one attached hydrogen (secondary N) is 2. The molecule has 1 aliphatic heterocycles. The lowest BCUT2D eigenvalue weighted by atomic mass is 9.91. The minimum Gasteiger partial charge on any atom is -0.492 e. The molecule has 4 rings (SSSR count). The Morgan fingerprint density at radius 3 is 2.81 bits per heavy atom. The highest BCUT2D eigenvalue weighted by Gasteiger charge is 2.28. The summed E-state index contributed by atoms with van der Waals surface area (Å²) in [6.07, 6.45) is 2.37. The van der Waals surface area contributed by atoms with Crippen molar-refractivity contribution < 1.29 is 17.9 Å². The molecule has 2 aromatic carbocycles. The number of hydrogen-bond donors (Lipinski definition) is 2. The fourth-order valence-corrected chi connectivity index (χ4v) is 5.51. The Hall–Kier alpha value is -2.33. The number of fused-ring (bicyclic) bond motifs is 1. The van der Waals surface area contributed by atoms with Gasteiger partial charge in [-0.1, -0.05) is 23.2 Å². The van der Waals surface area contributed by atoms with Gasteiger partial charge in [-0.2, -0.15) is 0 Å². The lowest BCUT2D eigenvalue weighted by molar-refractivity contribution is -0.120. The molecule has 0 spiro atoms. The molecular weight excluding hydrogens is 481 g/mol. The van der Waals surface area contributed by atoms with Gasteiger partial charge in [0.15, 0.2) is 5.13 Å². The van der Waals surface area contributed by atoms with E-state index in [9.17, 15) is 13.2 Å².